The van der Waals surface area contributed by atoms with Crippen LogP contribution in [0.3, 0.4) is 0 Å². The van der Waals surface area contributed by atoms with Gasteiger partial charge in [0.2, 0.25) is 0 Å². The van der Waals surface area contributed by atoms with Crippen LogP contribution in [0.15, 0.2) is 12.1 Å². The third-order valence-corrected chi connectivity index (χ3v) is 8.17. The molecule has 4 rings (SSSR count). The van der Waals surface area contributed by atoms with Gasteiger partial charge in [0.15, 0.2) is 5.11 Å². The second-order valence-corrected chi connectivity index (χ2v) is 11.7. The number of aromatic nitrogens is 1. The fourth-order valence-electron chi connectivity index (χ4n) is 4.63. The lowest BCUT2D eigenvalue weighted by molar-refractivity contribution is 0.227. The van der Waals surface area contributed by atoms with Crippen LogP contribution in [0.25, 0.3) is 10.2 Å². The number of benzene rings is 1. The van der Waals surface area contributed by atoms with Gasteiger partial charge in [-0.25, -0.2) is 4.98 Å². The molecule has 2 fully saturated rings. The minimum Gasteiger partial charge on any atom is -0.370 e. The van der Waals surface area contributed by atoms with E-state index in [0.717, 1.165) is 48.9 Å². The van der Waals surface area contributed by atoms with Crippen LogP contribution in [0.4, 0.5) is 11.4 Å². The zero-order valence-electron chi connectivity index (χ0n) is 20.0. The molecule has 0 aliphatic carbocycles. The van der Waals surface area contributed by atoms with Gasteiger partial charge in [-0.15, -0.1) is 11.3 Å². The number of anilines is 2. The van der Waals surface area contributed by atoms with Gasteiger partial charge in [0.25, 0.3) is 0 Å². The Morgan fingerprint density at radius 1 is 1.03 bits per heavy atom. The highest BCUT2D eigenvalue weighted by Gasteiger charge is 2.22. The Bertz CT molecular complexity index is 905. The normalized spacial score (nSPS) is 18.2. The van der Waals surface area contributed by atoms with Gasteiger partial charge in [0, 0.05) is 25.0 Å². The highest BCUT2D eigenvalue weighted by molar-refractivity contribution is 7.80. The molecule has 2 aliphatic heterocycles. The van der Waals surface area contributed by atoms with Gasteiger partial charge in [-0.1, -0.05) is 27.2 Å². The molecule has 0 atom stereocenters. The topological polar surface area (TPSA) is 43.4 Å². The van der Waals surface area contributed by atoms with Crippen molar-refractivity contribution in [2.45, 2.75) is 71.1 Å². The summed E-state index contributed by atoms with van der Waals surface area (Å²) in [5.74, 6) is 0. The third-order valence-electron chi connectivity index (χ3n) is 6.48. The van der Waals surface area contributed by atoms with Crippen molar-refractivity contribution in [2.24, 2.45) is 0 Å². The lowest BCUT2D eigenvalue weighted by Crippen LogP contribution is -2.35. The lowest BCUT2D eigenvalue weighted by atomic mass is 9.98. The Balaban J connectivity index is 1.44. The number of nitrogens with zero attached hydrogens (tertiary/aromatic N) is 3. The molecule has 0 spiro atoms. The van der Waals surface area contributed by atoms with E-state index >= 15 is 0 Å². The molecule has 1 aromatic heterocycles. The number of thiazole rings is 1. The third kappa shape index (κ3) is 6.12. The van der Waals surface area contributed by atoms with Crippen molar-refractivity contribution in [3.63, 3.8) is 0 Å². The van der Waals surface area contributed by atoms with Crippen molar-refractivity contribution >= 4 is 50.3 Å². The van der Waals surface area contributed by atoms with Crippen LogP contribution < -0.4 is 15.5 Å². The molecule has 0 unspecified atom stereocenters. The molecule has 0 amide bonds. The zero-order chi connectivity index (χ0) is 22.6. The largest absolute Gasteiger partial charge is 0.370 e. The number of hydrogen-bond acceptors (Lipinski definition) is 5. The van der Waals surface area contributed by atoms with Crippen LogP contribution in [0, 0.1) is 0 Å². The zero-order valence-corrected chi connectivity index (χ0v) is 21.6. The van der Waals surface area contributed by atoms with E-state index in [0.29, 0.717) is 0 Å². The van der Waals surface area contributed by atoms with Crippen molar-refractivity contribution in [1.29, 1.82) is 0 Å². The van der Waals surface area contributed by atoms with E-state index in [4.69, 9.17) is 17.2 Å². The van der Waals surface area contributed by atoms with Crippen molar-refractivity contribution in [3.8, 4) is 0 Å². The molecular formula is C25H39N5S2. The summed E-state index contributed by atoms with van der Waals surface area (Å²) in [6.07, 6.45) is 9.05. The van der Waals surface area contributed by atoms with E-state index in [9.17, 15) is 0 Å². The first kappa shape index (κ1) is 23.7. The SMILES string of the molecule is CC(C)(C)c1nc2cc(N3CCCCC3)c(NC(=S)NCCCN3CCCCC3)cc2s1. The number of nitrogens with one attached hydrogen (secondary N) is 2. The fraction of sp³-hybridized carbons (Fsp3) is 0.680. The minimum atomic E-state index is 0.0633. The molecule has 3 heterocycles. The Labute approximate surface area is 203 Å². The predicted octanol–water partition coefficient (Wildman–Crippen LogP) is 5.75. The van der Waals surface area contributed by atoms with Crippen LogP contribution in [0.2, 0.25) is 0 Å². The van der Waals surface area contributed by atoms with Crippen molar-refractivity contribution < 1.29 is 0 Å². The van der Waals surface area contributed by atoms with Gasteiger partial charge in [0.05, 0.1) is 26.6 Å². The molecule has 5 nitrogen and oxygen atoms in total. The van der Waals surface area contributed by atoms with Crippen molar-refractivity contribution in [2.75, 3.05) is 49.5 Å². The maximum Gasteiger partial charge on any atom is 0.170 e. The van der Waals surface area contributed by atoms with E-state index in [-0.39, 0.29) is 5.41 Å². The van der Waals surface area contributed by atoms with Crippen molar-refractivity contribution in [1.82, 2.24) is 15.2 Å². The van der Waals surface area contributed by atoms with Crippen LogP contribution in [-0.4, -0.2) is 54.3 Å². The van der Waals surface area contributed by atoms with Gasteiger partial charge < -0.3 is 20.4 Å². The maximum absolute atomic E-state index is 5.69. The fourth-order valence-corrected chi connectivity index (χ4v) is 5.89. The first-order valence-electron chi connectivity index (χ1n) is 12.4. The highest BCUT2D eigenvalue weighted by Crippen LogP contribution is 2.38. The second kappa shape index (κ2) is 10.7. The van der Waals surface area contributed by atoms with Gasteiger partial charge >= 0.3 is 0 Å². The quantitative estimate of drug-likeness (QED) is 0.412. The number of piperidine rings is 2. The van der Waals surface area contributed by atoms with Gasteiger partial charge in [-0.2, -0.15) is 0 Å². The summed E-state index contributed by atoms with van der Waals surface area (Å²) in [6.45, 7) is 13.5. The smallest absolute Gasteiger partial charge is 0.170 e. The van der Waals surface area contributed by atoms with E-state index in [1.807, 2.05) is 0 Å². The maximum atomic E-state index is 5.69. The summed E-state index contributed by atoms with van der Waals surface area (Å²) < 4.78 is 1.23. The van der Waals surface area contributed by atoms with Crippen LogP contribution >= 0.6 is 23.6 Å². The molecule has 2 aromatic rings. The number of fused-ring (bicyclic) bond motifs is 1. The van der Waals surface area contributed by atoms with Crippen LogP contribution in [0.5, 0.6) is 0 Å². The summed E-state index contributed by atoms with van der Waals surface area (Å²) in [6, 6.07) is 4.53. The Kier molecular flexibility index (Phi) is 7.90. The van der Waals surface area contributed by atoms with E-state index in [1.165, 1.54) is 67.0 Å². The molecule has 2 N–H and O–H groups in total. The Morgan fingerprint density at radius 2 is 1.72 bits per heavy atom. The van der Waals surface area contributed by atoms with Crippen LogP contribution in [0.1, 0.15) is 70.7 Å². The van der Waals surface area contributed by atoms with E-state index < -0.39 is 0 Å². The molecule has 0 radical (unpaired) electrons. The summed E-state index contributed by atoms with van der Waals surface area (Å²) in [4.78, 5) is 10.1. The number of hydrogen-bond donors (Lipinski definition) is 2. The molecule has 0 bridgehead atoms. The van der Waals surface area contributed by atoms with Crippen LogP contribution in [-0.2, 0) is 5.41 Å². The Morgan fingerprint density at radius 3 is 2.41 bits per heavy atom. The van der Waals surface area contributed by atoms with Gasteiger partial charge in [0.1, 0.15) is 0 Å². The summed E-state index contributed by atoms with van der Waals surface area (Å²) in [5, 5.41) is 8.88. The predicted molar refractivity (Wildman–Crippen MR) is 144 cm³/mol. The van der Waals surface area contributed by atoms with E-state index in [2.05, 4.69) is 53.3 Å². The molecular weight excluding hydrogens is 434 g/mol. The number of likely N-dealkylation sites (tertiary alicyclic amines) is 1. The molecule has 0 saturated carbocycles. The molecule has 2 saturated heterocycles. The second-order valence-electron chi connectivity index (χ2n) is 10.3. The lowest BCUT2D eigenvalue weighted by Gasteiger charge is -2.31. The minimum absolute atomic E-state index is 0.0633. The van der Waals surface area contributed by atoms with Crippen molar-refractivity contribution in [3.05, 3.63) is 17.1 Å². The first-order valence-corrected chi connectivity index (χ1v) is 13.6. The van der Waals surface area contributed by atoms with E-state index in [1.54, 1.807) is 11.3 Å². The molecule has 176 valence electrons. The first-order chi connectivity index (χ1) is 15.4. The number of thiocarbonyl (C=S) groups is 1. The summed E-state index contributed by atoms with van der Waals surface area (Å²) >= 11 is 7.49. The average molecular weight is 474 g/mol. The van der Waals surface area contributed by atoms with Gasteiger partial charge in [-0.05, 0) is 82.5 Å². The molecule has 7 heteroatoms. The Hall–Kier alpha value is -1.44. The summed E-state index contributed by atoms with van der Waals surface area (Å²) in [7, 11) is 0. The molecule has 32 heavy (non-hydrogen) atoms. The number of rotatable bonds is 6. The molecule has 2 aliphatic rings. The average Bonchev–Trinajstić information content (AvgIpc) is 3.21. The molecule has 1 aromatic carbocycles. The monoisotopic (exact) mass is 473 g/mol. The van der Waals surface area contributed by atoms with Gasteiger partial charge in [-0.3, -0.25) is 0 Å². The standard InChI is InChI=1S/C25H39N5S2/c1-25(2,3)23-27-20-17-21(30-15-8-5-9-16-30)19(18-22(20)32-23)28-24(31)26-11-10-14-29-12-6-4-7-13-29/h17-18H,4-16H2,1-3H3,(H2,26,28,31). The summed E-state index contributed by atoms with van der Waals surface area (Å²) in [5.41, 5.74) is 3.51. The highest BCUT2D eigenvalue weighted by atomic mass is 32.1.